The van der Waals surface area contributed by atoms with Gasteiger partial charge in [-0.2, -0.15) is 11.3 Å². The lowest BCUT2D eigenvalue weighted by Crippen LogP contribution is -2.20. The van der Waals surface area contributed by atoms with E-state index >= 15 is 0 Å². The molecule has 33 heavy (non-hydrogen) atoms. The number of thiophene rings is 1. The number of ether oxygens (including phenoxy) is 2. The molecule has 1 aromatic heterocycles. The fraction of sp³-hybridized carbons (Fsp3) is 0.571. The molecule has 1 aliphatic carbocycles. The molecule has 3 rings (SSSR count). The zero-order valence-corrected chi connectivity index (χ0v) is 21.1. The number of benzene rings is 1. The second kappa shape index (κ2) is 13.5. The average molecular weight is 471 g/mol. The molecule has 1 heterocycles. The number of hydrogen-bond acceptors (Lipinski definition) is 5. The van der Waals surface area contributed by atoms with Crippen LogP contribution in [0.1, 0.15) is 123 Å². The van der Waals surface area contributed by atoms with Crippen molar-refractivity contribution >= 4 is 22.9 Å². The van der Waals surface area contributed by atoms with Gasteiger partial charge in [-0.3, -0.25) is 9.59 Å². The molecule has 0 spiro atoms. The lowest BCUT2D eigenvalue weighted by Gasteiger charge is -2.19. The molecule has 0 aliphatic heterocycles. The summed E-state index contributed by atoms with van der Waals surface area (Å²) in [7, 11) is 0. The number of ketones is 2. The van der Waals surface area contributed by atoms with E-state index in [0.717, 1.165) is 25.7 Å². The van der Waals surface area contributed by atoms with Gasteiger partial charge in [0.2, 0.25) is 0 Å². The molecule has 0 N–H and O–H groups in total. The summed E-state index contributed by atoms with van der Waals surface area (Å²) in [6.45, 7) is 5.61. The van der Waals surface area contributed by atoms with E-state index in [1.165, 1.54) is 62.7 Å². The summed E-state index contributed by atoms with van der Waals surface area (Å²) < 4.78 is 12.2. The van der Waals surface area contributed by atoms with Gasteiger partial charge in [0, 0.05) is 33.0 Å². The predicted octanol–water partition coefficient (Wildman–Crippen LogP) is 8.00. The molecule has 0 saturated carbocycles. The van der Waals surface area contributed by atoms with Crippen LogP contribution in [0, 0.1) is 0 Å². The van der Waals surface area contributed by atoms with Gasteiger partial charge in [0.1, 0.15) is 0 Å². The van der Waals surface area contributed by atoms with Gasteiger partial charge in [-0.1, -0.05) is 78.1 Å². The van der Waals surface area contributed by atoms with Crippen LogP contribution in [0.4, 0.5) is 0 Å². The van der Waals surface area contributed by atoms with Crippen LogP contribution in [-0.2, 0) is 0 Å². The van der Waals surface area contributed by atoms with Gasteiger partial charge >= 0.3 is 0 Å². The van der Waals surface area contributed by atoms with Crippen molar-refractivity contribution < 1.29 is 19.1 Å². The highest BCUT2D eigenvalue weighted by molar-refractivity contribution is 7.08. The Hall–Kier alpha value is -2.14. The molecule has 0 radical (unpaired) electrons. The SMILES string of the molecule is CCCCCCCCOc1cc2c(cc1OCCCCCCCC)C(=O)c1cscc1C2=O. The Morgan fingerprint density at radius 1 is 0.576 bits per heavy atom. The molecule has 0 fully saturated rings. The topological polar surface area (TPSA) is 52.6 Å². The van der Waals surface area contributed by atoms with Crippen molar-refractivity contribution in [1.29, 1.82) is 0 Å². The van der Waals surface area contributed by atoms with Crippen LogP contribution >= 0.6 is 11.3 Å². The molecule has 0 amide bonds. The lowest BCUT2D eigenvalue weighted by atomic mass is 9.86. The second-order valence-corrected chi connectivity index (χ2v) is 9.68. The quantitative estimate of drug-likeness (QED) is 0.199. The molecule has 1 aliphatic rings. The van der Waals surface area contributed by atoms with E-state index in [0.29, 0.717) is 47.0 Å². The highest BCUT2D eigenvalue weighted by atomic mass is 32.1. The van der Waals surface area contributed by atoms with Gasteiger partial charge in [0.25, 0.3) is 0 Å². The van der Waals surface area contributed by atoms with E-state index in [2.05, 4.69) is 13.8 Å². The van der Waals surface area contributed by atoms with Crippen LogP contribution in [-0.4, -0.2) is 24.8 Å². The highest BCUT2D eigenvalue weighted by Gasteiger charge is 2.32. The Morgan fingerprint density at radius 3 is 1.39 bits per heavy atom. The van der Waals surface area contributed by atoms with Crippen LogP contribution in [0.3, 0.4) is 0 Å². The number of unbranched alkanes of at least 4 members (excludes halogenated alkanes) is 10. The molecule has 5 heteroatoms. The highest BCUT2D eigenvalue weighted by Crippen LogP contribution is 2.37. The third-order valence-corrected chi connectivity index (χ3v) is 6.98. The van der Waals surface area contributed by atoms with Crippen molar-refractivity contribution in [1.82, 2.24) is 0 Å². The largest absolute Gasteiger partial charge is 0.490 e. The summed E-state index contributed by atoms with van der Waals surface area (Å²) in [4.78, 5) is 26.0. The van der Waals surface area contributed by atoms with E-state index in [1.807, 2.05) is 0 Å². The van der Waals surface area contributed by atoms with E-state index in [1.54, 1.807) is 22.9 Å². The predicted molar refractivity (Wildman–Crippen MR) is 135 cm³/mol. The molecule has 0 unspecified atom stereocenters. The Morgan fingerprint density at radius 2 is 0.970 bits per heavy atom. The molecular weight excluding hydrogens is 432 g/mol. The molecule has 1 aromatic carbocycles. The van der Waals surface area contributed by atoms with Crippen molar-refractivity contribution in [3.63, 3.8) is 0 Å². The van der Waals surface area contributed by atoms with Crippen LogP contribution in [0.25, 0.3) is 0 Å². The maximum atomic E-state index is 13.0. The monoisotopic (exact) mass is 470 g/mol. The Labute approximate surface area is 202 Å². The van der Waals surface area contributed by atoms with Crippen LogP contribution in [0.15, 0.2) is 22.9 Å². The van der Waals surface area contributed by atoms with Gasteiger partial charge in [-0.25, -0.2) is 0 Å². The smallest absolute Gasteiger partial charge is 0.195 e. The fourth-order valence-corrected chi connectivity index (χ4v) is 5.04. The maximum Gasteiger partial charge on any atom is 0.195 e. The van der Waals surface area contributed by atoms with Crippen molar-refractivity contribution in [3.05, 3.63) is 45.1 Å². The third-order valence-electron chi connectivity index (χ3n) is 6.24. The summed E-state index contributed by atoms with van der Waals surface area (Å²) >= 11 is 1.39. The molecule has 0 saturated heterocycles. The first-order valence-electron chi connectivity index (χ1n) is 12.8. The fourth-order valence-electron chi connectivity index (χ4n) is 4.23. The minimum absolute atomic E-state index is 0.104. The average Bonchev–Trinajstić information content (AvgIpc) is 3.32. The normalized spacial score (nSPS) is 12.5. The lowest BCUT2D eigenvalue weighted by molar-refractivity contribution is 0.0979. The van der Waals surface area contributed by atoms with E-state index in [9.17, 15) is 9.59 Å². The molecule has 180 valence electrons. The third kappa shape index (κ3) is 6.92. The minimum Gasteiger partial charge on any atom is -0.490 e. The summed E-state index contributed by atoms with van der Waals surface area (Å²) in [6, 6.07) is 3.45. The summed E-state index contributed by atoms with van der Waals surface area (Å²) in [6.07, 6.45) is 14.2. The zero-order valence-electron chi connectivity index (χ0n) is 20.3. The first kappa shape index (κ1) is 25.5. The standard InChI is InChI=1S/C28H38O4S/c1-3-5-7-9-11-13-15-31-25-17-21-22(28(30)24-20-33-19-23(24)27(21)29)18-26(25)32-16-14-12-10-8-6-4-2/h17-20H,3-16H2,1-2H3. The second-order valence-electron chi connectivity index (χ2n) is 8.93. The van der Waals surface area contributed by atoms with Crippen molar-refractivity contribution in [2.45, 2.75) is 90.9 Å². The van der Waals surface area contributed by atoms with Crippen LogP contribution in [0.5, 0.6) is 11.5 Å². The molecule has 2 aromatic rings. The van der Waals surface area contributed by atoms with Gasteiger partial charge in [-0.05, 0) is 25.0 Å². The van der Waals surface area contributed by atoms with Crippen molar-refractivity contribution in [3.8, 4) is 11.5 Å². The zero-order chi connectivity index (χ0) is 23.5. The first-order chi connectivity index (χ1) is 16.2. The Balaban J connectivity index is 1.67. The van der Waals surface area contributed by atoms with Crippen molar-refractivity contribution in [2.24, 2.45) is 0 Å². The number of carbonyl (C=O) groups is 2. The van der Waals surface area contributed by atoms with Gasteiger partial charge < -0.3 is 9.47 Å². The Bertz CT molecular complexity index is 843. The van der Waals surface area contributed by atoms with E-state index in [-0.39, 0.29) is 11.6 Å². The number of fused-ring (bicyclic) bond motifs is 2. The van der Waals surface area contributed by atoms with E-state index in [4.69, 9.17) is 9.47 Å². The summed E-state index contributed by atoms with van der Waals surface area (Å²) in [5.41, 5.74) is 1.85. The van der Waals surface area contributed by atoms with Crippen LogP contribution < -0.4 is 9.47 Å². The van der Waals surface area contributed by atoms with E-state index < -0.39 is 0 Å². The minimum atomic E-state index is -0.104. The molecule has 0 atom stereocenters. The van der Waals surface area contributed by atoms with Crippen LogP contribution in [0.2, 0.25) is 0 Å². The van der Waals surface area contributed by atoms with Gasteiger partial charge in [-0.15, -0.1) is 0 Å². The molecule has 4 nitrogen and oxygen atoms in total. The number of rotatable bonds is 16. The molecular formula is C28H38O4S. The summed E-state index contributed by atoms with van der Waals surface area (Å²) in [5, 5.41) is 3.52. The van der Waals surface area contributed by atoms with Gasteiger partial charge in [0.15, 0.2) is 23.1 Å². The van der Waals surface area contributed by atoms with Crippen molar-refractivity contribution in [2.75, 3.05) is 13.2 Å². The number of carbonyl (C=O) groups excluding carboxylic acids is 2. The number of hydrogen-bond donors (Lipinski definition) is 0. The maximum absolute atomic E-state index is 13.0. The summed E-state index contributed by atoms with van der Waals surface area (Å²) in [5.74, 6) is 0.946. The Kier molecular flexibility index (Phi) is 10.5. The first-order valence-corrected chi connectivity index (χ1v) is 13.7. The molecule has 0 bridgehead atoms. The van der Waals surface area contributed by atoms with Gasteiger partial charge in [0.05, 0.1) is 13.2 Å².